The Balaban J connectivity index is 0.00000151. The van der Waals surface area contributed by atoms with Crippen LogP contribution in [0.25, 0.3) is 0 Å². The Hall–Kier alpha value is -3.36. The van der Waals surface area contributed by atoms with E-state index in [0.29, 0.717) is 29.5 Å². The lowest BCUT2D eigenvalue weighted by Crippen LogP contribution is -2.42. The zero-order valence-corrected chi connectivity index (χ0v) is 22.5. The molecular formula is C29H23Cl2F3N2O3. The van der Waals surface area contributed by atoms with Gasteiger partial charge in [-0.25, -0.2) is 0 Å². The van der Waals surface area contributed by atoms with Crippen molar-refractivity contribution < 1.29 is 27.6 Å². The minimum atomic E-state index is -4.79. The third-order valence-electron chi connectivity index (χ3n) is 7.17. The van der Waals surface area contributed by atoms with Crippen LogP contribution in [0.5, 0.6) is 0 Å². The summed E-state index contributed by atoms with van der Waals surface area (Å²) in [5, 5.41) is 3.94. The highest BCUT2D eigenvalue weighted by Gasteiger charge is 2.62. The van der Waals surface area contributed by atoms with E-state index in [4.69, 9.17) is 28.0 Å². The number of halogens is 5. The third-order valence-corrected chi connectivity index (χ3v) is 7.61. The summed E-state index contributed by atoms with van der Waals surface area (Å²) >= 11 is 12.0. The van der Waals surface area contributed by atoms with Crippen LogP contribution in [-0.4, -0.2) is 28.6 Å². The van der Waals surface area contributed by atoms with E-state index >= 15 is 0 Å². The first-order valence-electron chi connectivity index (χ1n) is 12.5. The molecule has 2 heterocycles. The molecule has 2 aliphatic heterocycles. The van der Waals surface area contributed by atoms with Gasteiger partial charge in [-0.2, -0.15) is 13.2 Å². The minimum absolute atomic E-state index is 0.0555. The van der Waals surface area contributed by atoms with Crippen LogP contribution in [0.15, 0.2) is 65.8 Å². The van der Waals surface area contributed by atoms with Crippen molar-refractivity contribution in [3.63, 3.8) is 0 Å². The summed E-state index contributed by atoms with van der Waals surface area (Å²) in [6.07, 6.45) is -4.27. The van der Waals surface area contributed by atoms with Crippen LogP contribution < -0.4 is 0 Å². The van der Waals surface area contributed by atoms with Crippen LogP contribution in [0, 0.1) is 0 Å². The summed E-state index contributed by atoms with van der Waals surface area (Å²) in [5.74, 6) is -0.683. The van der Waals surface area contributed by atoms with Crippen molar-refractivity contribution in [1.29, 1.82) is 0 Å². The van der Waals surface area contributed by atoms with E-state index in [9.17, 15) is 22.8 Å². The van der Waals surface area contributed by atoms with E-state index in [0.717, 1.165) is 11.1 Å². The Morgan fingerprint density at radius 2 is 1.56 bits per heavy atom. The first-order chi connectivity index (χ1) is 18.6. The fraction of sp³-hybridized carbons (Fsp3) is 0.276. The average Bonchev–Trinajstić information content (AvgIpc) is 3.60. The number of amides is 2. The molecule has 5 nitrogen and oxygen atoms in total. The molecule has 2 atom stereocenters. The maximum atomic E-state index is 14.3. The number of nitrogens with zero attached hydrogens (tertiary/aromatic N) is 2. The van der Waals surface area contributed by atoms with Crippen molar-refractivity contribution >= 4 is 40.7 Å². The minimum Gasteiger partial charge on any atom is -0.374 e. The van der Waals surface area contributed by atoms with Crippen molar-refractivity contribution in [2.24, 2.45) is 5.16 Å². The number of hydrogen-bond acceptors (Lipinski definition) is 4. The predicted octanol–water partition coefficient (Wildman–Crippen LogP) is 7.89. The van der Waals surface area contributed by atoms with Gasteiger partial charge in [-0.05, 0) is 65.9 Å². The van der Waals surface area contributed by atoms with Gasteiger partial charge >= 0.3 is 6.18 Å². The second-order valence-electron chi connectivity index (χ2n) is 9.28. The van der Waals surface area contributed by atoms with Gasteiger partial charge in [0.2, 0.25) is 0 Å². The number of benzene rings is 3. The molecule has 3 aromatic rings. The number of alkyl halides is 3. The standard InChI is InChI=1S/C27H17Cl2F3N2O3.C2H6/c28-17-10-16(11-18(29)12-17)26(27(30,31)32)13-22(33-37-26)15-5-7-19-14(9-15)6-8-23(19)34-24(35)20-3-1-2-4-21(20)25(34)36;1-2/h1-5,7,9-12,23H,6,8,13H2;1-2H3. The number of rotatable bonds is 3. The van der Waals surface area contributed by atoms with Crippen molar-refractivity contribution in [1.82, 2.24) is 4.90 Å². The number of aryl methyl sites for hydroxylation is 1. The summed E-state index contributed by atoms with van der Waals surface area (Å²) in [5.41, 5.74) is 0.0285. The first kappa shape index (κ1) is 27.2. The molecule has 0 fully saturated rings. The van der Waals surface area contributed by atoms with Crippen LogP contribution in [0.1, 0.15) is 75.7 Å². The fourth-order valence-electron chi connectivity index (χ4n) is 5.38. The van der Waals surface area contributed by atoms with Gasteiger partial charge in [0.15, 0.2) is 0 Å². The van der Waals surface area contributed by atoms with E-state index in [1.807, 2.05) is 13.8 Å². The molecule has 10 heteroatoms. The van der Waals surface area contributed by atoms with E-state index in [-0.39, 0.29) is 33.1 Å². The summed E-state index contributed by atoms with van der Waals surface area (Å²) in [4.78, 5) is 32.3. The lowest BCUT2D eigenvalue weighted by atomic mass is 9.86. The highest BCUT2D eigenvalue weighted by atomic mass is 35.5. The van der Waals surface area contributed by atoms with Crippen molar-refractivity contribution in [3.05, 3.63) is 104 Å². The Kier molecular flexibility index (Phi) is 6.97. The average molecular weight is 575 g/mol. The molecule has 3 aliphatic rings. The maximum Gasteiger partial charge on any atom is 0.435 e. The van der Waals surface area contributed by atoms with E-state index in [2.05, 4.69) is 5.16 Å². The van der Waals surface area contributed by atoms with Gasteiger partial charge in [0, 0.05) is 22.0 Å². The van der Waals surface area contributed by atoms with Crippen LogP contribution in [-0.2, 0) is 16.9 Å². The van der Waals surface area contributed by atoms with Crippen molar-refractivity contribution in [2.75, 3.05) is 0 Å². The maximum absolute atomic E-state index is 14.3. The van der Waals surface area contributed by atoms with Gasteiger partial charge in [0.1, 0.15) is 0 Å². The zero-order chi connectivity index (χ0) is 28.1. The first-order valence-corrected chi connectivity index (χ1v) is 13.2. The summed E-state index contributed by atoms with van der Waals surface area (Å²) in [6.45, 7) is 4.00. The molecule has 2 unspecified atom stereocenters. The number of imide groups is 1. The predicted molar refractivity (Wildman–Crippen MR) is 142 cm³/mol. The van der Waals surface area contributed by atoms with Gasteiger partial charge in [-0.3, -0.25) is 14.5 Å². The zero-order valence-electron chi connectivity index (χ0n) is 21.0. The Morgan fingerprint density at radius 1 is 0.949 bits per heavy atom. The van der Waals surface area contributed by atoms with Crippen LogP contribution in [0.4, 0.5) is 13.2 Å². The molecule has 202 valence electrons. The monoisotopic (exact) mass is 574 g/mol. The van der Waals surface area contributed by atoms with Gasteiger partial charge in [-0.1, -0.05) is 66.5 Å². The summed E-state index contributed by atoms with van der Waals surface area (Å²) in [6, 6.07) is 15.1. The van der Waals surface area contributed by atoms with Crippen molar-refractivity contribution in [3.8, 4) is 0 Å². The smallest absolute Gasteiger partial charge is 0.374 e. The molecular weight excluding hydrogens is 552 g/mol. The SMILES string of the molecule is CC.O=C1c2ccccc2C(=O)N1C1CCc2cc(C3=NOC(c4cc(Cl)cc(Cl)c4)(C(F)(F)F)C3)ccc21. The number of carbonyl (C=O) groups is 2. The molecule has 1 aliphatic carbocycles. The van der Waals surface area contributed by atoms with E-state index < -0.39 is 24.2 Å². The lowest BCUT2D eigenvalue weighted by molar-refractivity contribution is -0.275. The van der Waals surface area contributed by atoms with Gasteiger partial charge < -0.3 is 4.84 Å². The number of fused-ring (bicyclic) bond motifs is 2. The molecule has 0 radical (unpaired) electrons. The number of carbonyl (C=O) groups excluding carboxylic acids is 2. The van der Waals surface area contributed by atoms with E-state index in [1.54, 1.807) is 42.5 Å². The van der Waals surface area contributed by atoms with Crippen molar-refractivity contribution in [2.45, 2.75) is 50.9 Å². The lowest BCUT2D eigenvalue weighted by Gasteiger charge is -2.29. The third kappa shape index (κ3) is 4.39. The molecule has 3 aromatic carbocycles. The molecule has 6 rings (SSSR count). The topological polar surface area (TPSA) is 59.0 Å². The normalized spacial score (nSPS) is 21.7. The second-order valence-corrected chi connectivity index (χ2v) is 10.2. The van der Waals surface area contributed by atoms with Crippen LogP contribution in [0.3, 0.4) is 0 Å². The van der Waals surface area contributed by atoms with Gasteiger partial charge in [-0.15, -0.1) is 0 Å². The Labute approximate surface area is 233 Å². The molecule has 0 bridgehead atoms. The van der Waals surface area contributed by atoms with Gasteiger partial charge in [0.25, 0.3) is 17.4 Å². The molecule has 39 heavy (non-hydrogen) atoms. The molecule has 0 N–H and O–H groups in total. The number of hydrogen-bond donors (Lipinski definition) is 0. The molecule has 2 amide bonds. The van der Waals surface area contributed by atoms with Crippen LogP contribution >= 0.6 is 23.2 Å². The highest BCUT2D eigenvalue weighted by Crippen LogP contribution is 2.50. The molecule has 0 aromatic heterocycles. The molecule has 0 saturated heterocycles. The van der Waals surface area contributed by atoms with E-state index in [1.165, 1.54) is 23.1 Å². The second kappa shape index (κ2) is 9.99. The highest BCUT2D eigenvalue weighted by molar-refractivity contribution is 6.34. The van der Waals surface area contributed by atoms with Crippen LogP contribution in [0.2, 0.25) is 10.0 Å². The Morgan fingerprint density at radius 3 is 2.15 bits per heavy atom. The Bertz CT molecular complexity index is 1470. The number of oxime groups is 1. The summed E-state index contributed by atoms with van der Waals surface area (Å²) in [7, 11) is 0. The fourth-order valence-corrected chi connectivity index (χ4v) is 5.91. The summed E-state index contributed by atoms with van der Waals surface area (Å²) < 4.78 is 43.0. The van der Waals surface area contributed by atoms with Gasteiger partial charge in [0.05, 0.1) is 22.9 Å². The molecule has 0 saturated carbocycles. The molecule has 0 spiro atoms. The largest absolute Gasteiger partial charge is 0.435 e. The quantitative estimate of drug-likeness (QED) is 0.299.